The zero-order valence-corrected chi connectivity index (χ0v) is 22.0. The molecule has 0 spiro atoms. The molecular formula is C27H28N4O5S. The molecule has 0 aliphatic heterocycles. The second-order valence-corrected chi connectivity index (χ2v) is 10.5. The highest BCUT2D eigenvalue weighted by Gasteiger charge is 2.26. The van der Waals surface area contributed by atoms with E-state index in [1.165, 1.54) is 25.2 Å². The molecule has 0 saturated carbocycles. The van der Waals surface area contributed by atoms with Crippen LogP contribution in [0.25, 0.3) is 22.5 Å². The van der Waals surface area contributed by atoms with Crippen molar-refractivity contribution in [3.8, 4) is 28.3 Å². The predicted octanol–water partition coefficient (Wildman–Crippen LogP) is 4.08. The van der Waals surface area contributed by atoms with Crippen LogP contribution < -0.4 is 19.5 Å². The number of aromatic nitrogens is 2. The van der Waals surface area contributed by atoms with Gasteiger partial charge in [-0.3, -0.25) is 4.79 Å². The standard InChI is InChI=1S/C27H28N4O5S/c1-16-8-6-9-17(2)24(16)22-14-19(12-13-23(22)36-5)26-29-18(3)25(31(26)33)27(32)30-20-10-7-11-21(15-20)37(34,35)28-4/h6-15,28-29H,1-5H3,(H,30,32). The maximum absolute atomic E-state index is 13.3. The van der Waals surface area contributed by atoms with Gasteiger partial charge in [0.05, 0.1) is 17.6 Å². The van der Waals surface area contributed by atoms with Crippen LogP contribution in [0.3, 0.4) is 0 Å². The first kappa shape index (κ1) is 25.9. The van der Waals surface area contributed by atoms with Gasteiger partial charge in [0, 0.05) is 18.2 Å². The Bertz CT molecular complexity index is 1590. The van der Waals surface area contributed by atoms with Crippen LogP contribution in [0.2, 0.25) is 0 Å². The van der Waals surface area contributed by atoms with Gasteiger partial charge in [-0.1, -0.05) is 24.3 Å². The molecule has 0 aliphatic carbocycles. The van der Waals surface area contributed by atoms with Gasteiger partial charge in [0.25, 0.3) is 11.7 Å². The number of nitrogens with one attached hydrogen (secondary N) is 3. The van der Waals surface area contributed by atoms with Crippen LogP contribution in [0.5, 0.6) is 5.75 Å². The van der Waals surface area contributed by atoms with Gasteiger partial charge in [-0.05, 0) is 74.0 Å². The third kappa shape index (κ3) is 4.93. The Hall–Kier alpha value is -4.15. The summed E-state index contributed by atoms with van der Waals surface area (Å²) in [4.78, 5) is 16.1. The summed E-state index contributed by atoms with van der Waals surface area (Å²) in [5, 5.41) is 15.9. The highest BCUT2D eigenvalue weighted by molar-refractivity contribution is 7.89. The summed E-state index contributed by atoms with van der Waals surface area (Å²) in [6.07, 6.45) is 0. The minimum atomic E-state index is -3.69. The molecule has 9 nitrogen and oxygen atoms in total. The molecule has 1 heterocycles. The lowest BCUT2D eigenvalue weighted by atomic mass is 9.93. The fraction of sp³-hybridized carbons (Fsp3) is 0.185. The second kappa shape index (κ2) is 10.1. The number of aryl methyl sites for hydroxylation is 3. The Balaban J connectivity index is 1.73. The number of hydrogen-bond donors (Lipinski definition) is 3. The quantitative estimate of drug-likeness (QED) is 0.250. The summed E-state index contributed by atoms with van der Waals surface area (Å²) in [7, 11) is -0.796. The van der Waals surface area contributed by atoms with E-state index in [2.05, 4.69) is 15.0 Å². The summed E-state index contributed by atoms with van der Waals surface area (Å²) in [5.41, 5.74) is 5.04. The molecule has 0 bridgehead atoms. The largest absolute Gasteiger partial charge is 0.710 e. The van der Waals surface area contributed by atoms with Crippen molar-refractivity contribution in [2.45, 2.75) is 25.7 Å². The summed E-state index contributed by atoms with van der Waals surface area (Å²) in [6, 6.07) is 17.2. The number of anilines is 1. The fourth-order valence-corrected chi connectivity index (χ4v) is 5.12. The van der Waals surface area contributed by atoms with Crippen LogP contribution in [0.4, 0.5) is 5.69 Å². The average molecular weight is 521 g/mol. The minimum Gasteiger partial charge on any atom is -0.710 e. The van der Waals surface area contributed by atoms with Crippen molar-refractivity contribution in [2.24, 2.45) is 0 Å². The first-order chi connectivity index (χ1) is 17.6. The number of benzene rings is 3. The first-order valence-corrected chi connectivity index (χ1v) is 13.0. The number of carbonyl (C=O) groups excluding carboxylic acids is 1. The lowest BCUT2D eigenvalue weighted by Gasteiger charge is -2.15. The smallest absolute Gasteiger partial charge is 0.300 e. The van der Waals surface area contributed by atoms with E-state index in [9.17, 15) is 18.4 Å². The molecular weight excluding hydrogens is 492 g/mol. The number of aromatic amines is 1. The predicted molar refractivity (Wildman–Crippen MR) is 142 cm³/mol. The molecule has 1 aromatic heterocycles. The highest BCUT2D eigenvalue weighted by Crippen LogP contribution is 2.37. The number of rotatable bonds is 7. The highest BCUT2D eigenvalue weighted by atomic mass is 32.2. The molecule has 4 rings (SSSR count). The van der Waals surface area contributed by atoms with Crippen LogP contribution in [0, 0.1) is 26.0 Å². The molecule has 4 aromatic rings. The minimum absolute atomic E-state index is 0.00783. The second-order valence-electron chi connectivity index (χ2n) is 8.61. The van der Waals surface area contributed by atoms with E-state index in [-0.39, 0.29) is 22.1 Å². The zero-order chi connectivity index (χ0) is 26.9. The van der Waals surface area contributed by atoms with Crippen LogP contribution in [-0.2, 0) is 10.0 Å². The van der Waals surface area contributed by atoms with E-state index in [0.717, 1.165) is 22.3 Å². The number of carbonyl (C=O) groups is 1. The normalized spacial score (nSPS) is 11.4. The van der Waals surface area contributed by atoms with Gasteiger partial charge < -0.3 is 15.3 Å². The molecule has 37 heavy (non-hydrogen) atoms. The Morgan fingerprint density at radius 3 is 2.32 bits per heavy atom. The van der Waals surface area contributed by atoms with Gasteiger partial charge in [-0.15, -0.1) is 0 Å². The van der Waals surface area contributed by atoms with E-state index in [1.54, 1.807) is 32.2 Å². The number of imidazole rings is 1. The summed E-state index contributed by atoms with van der Waals surface area (Å²) >= 11 is 0. The maximum atomic E-state index is 13.3. The lowest BCUT2D eigenvalue weighted by molar-refractivity contribution is -0.594. The summed E-state index contributed by atoms with van der Waals surface area (Å²) < 4.78 is 32.6. The molecule has 0 radical (unpaired) electrons. The monoisotopic (exact) mass is 520 g/mol. The van der Waals surface area contributed by atoms with E-state index in [0.29, 0.717) is 21.7 Å². The first-order valence-electron chi connectivity index (χ1n) is 11.5. The molecule has 0 saturated heterocycles. The molecule has 1 amide bonds. The number of nitrogens with zero attached hydrogens (tertiary/aromatic N) is 1. The third-order valence-electron chi connectivity index (χ3n) is 6.18. The van der Waals surface area contributed by atoms with Gasteiger partial charge in [-0.25, -0.2) is 22.9 Å². The maximum Gasteiger partial charge on any atom is 0.300 e. The van der Waals surface area contributed by atoms with Crippen molar-refractivity contribution in [1.82, 2.24) is 9.71 Å². The van der Waals surface area contributed by atoms with E-state index in [1.807, 2.05) is 38.1 Å². The molecule has 10 heteroatoms. The van der Waals surface area contributed by atoms with Crippen LogP contribution in [0.15, 0.2) is 65.6 Å². The topological polar surface area (TPSA) is 127 Å². The molecule has 192 valence electrons. The van der Waals surface area contributed by atoms with Gasteiger partial charge in [0.15, 0.2) is 5.69 Å². The SMILES string of the molecule is CNS(=O)(=O)c1cccc(NC(=O)c2c(C)[nH]c(-c3ccc(OC)c(-c4c(C)cccc4C)c3)[n+]2[O-])c1. The third-order valence-corrected chi connectivity index (χ3v) is 7.59. The van der Waals surface area contributed by atoms with Gasteiger partial charge in [0.2, 0.25) is 15.7 Å². The van der Waals surface area contributed by atoms with Gasteiger partial charge in [0.1, 0.15) is 5.75 Å². The van der Waals surface area contributed by atoms with E-state index in [4.69, 9.17) is 4.74 Å². The number of sulfonamides is 1. The number of hydrogen-bond acceptors (Lipinski definition) is 5. The molecule has 3 N–H and O–H groups in total. The Morgan fingerprint density at radius 2 is 1.68 bits per heavy atom. The van der Waals surface area contributed by atoms with Crippen molar-refractivity contribution < 1.29 is 22.7 Å². The Labute approximate surface area is 215 Å². The average Bonchev–Trinajstić information content (AvgIpc) is 3.17. The summed E-state index contributed by atoms with van der Waals surface area (Å²) in [6.45, 7) is 5.66. The number of ether oxygens (including phenoxy) is 1. The van der Waals surface area contributed by atoms with Gasteiger partial charge in [-0.2, -0.15) is 0 Å². The van der Waals surface area contributed by atoms with Gasteiger partial charge >= 0.3 is 0 Å². The number of amides is 1. The molecule has 0 fully saturated rings. The van der Waals surface area contributed by atoms with Crippen molar-refractivity contribution in [2.75, 3.05) is 19.5 Å². The lowest BCUT2D eigenvalue weighted by Crippen LogP contribution is -2.36. The van der Waals surface area contributed by atoms with Crippen molar-refractivity contribution >= 4 is 21.6 Å². The Kier molecular flexibility index (Phi) is 7.06. The van der Waals surface area contributed by atoms with Crippen molar-refractivity contribution in [1.29, 1.82) is 0 Å². The Morgan fingerprint density at radius 1 is 1.00 bits per heavy atom. The summed E-state index contributed by atoms with van der Waals surface area (Å²) in [5.74, 6) is 0.193. The van der Waals surface area contributed by atoms with Crippen molar-refractivity contribution in [3.63, 3.8) is 0 Å². The van der Waals surface area contributed by atoms with Crippen LogP contribution >= 0.6 is 0 Å². The van der Waals surface area contributed by atoms with E-state index < -0.39 is 15.9 Å². The van der Waals surface area contributed by atoms with Crippen molar-refractivity contribution in [3.05, 3.63) is 88.4 Å². The molecule has 0 atom stereocenters. The fourth-order valence-electron chi connectivity index (χ4n) is 4.34. The number of H-pyrrole nitrogens is 1. The molecule has 0 aliphatic rings. The molecule has 0 unspecified atom stereocenters. The van der Waals surface area contributed by atoms with E-state index >= 15 is 0 Å². The van der Waals surface area contributed by atoms with Crippen LogP contribution in [0.1, 0.15) is 27.3 Å². The molecule has 3 aromatic carbocycles. The zero-order valence-electron chi connectivity index (χ0n) is 21.2. The number of methoxy groups -OCH3 is 1. The van der Waals surface area contributed by atoms with Crippen LogP contribution in [-0.4, -0.2) is 33.5 Å².